The molecule has 126 valence electrons. The summed E-state index contributed by atoms with van der Waals surface area (Å²) in [6.45, 7) is 3.93. The van der Waals surface area contributed by atoms with Crippen LogP contribution in [0.15, 0.2) is 24.3 Å². The number of nitrogens with zero attached hydrogens (tertiary/aromatic N) is 2. The summed E-state index contributed by atoms with van der Waals surface area (Å²) in [5.74, 6) is -0.922. The molecule has 2 heterocycles. The molecule has 5 nitrogen and oxygen atoms in total. The van der Waals surface area contributed by atoms with Crippen LogP contribution in [0.5, 0.6) is 0 Å². The minimum absolute atomic E-state index is 0.0134. The first-order chi connectivity index (χ1) is 10.9. The fourth-order valence-electron chi connectivity index (χ4n) is 3.63. The topological polar surface area (TPSA) is 57.7 Å². The predicted molar refractivity (Wildman–Crippen MR) is 85.5 cm³/mol. The maximum Gasteiger partial charge on any atom is 0.257 e. The van der Waals surface area contributed by atoms with Gasteiger partial charge in [0.05, 0.1) is 23.1 Å². The third kappa shape index (κ3) is 3.12. The molecule has 0 N–H and O–H groups in total. The van der Waals surface area contributed by atoms with Gasteiger partial charge in [0.2, 0.25) is 0 Å². The highest BCUT2D eigenvalue weighted by Gasteiger charge is 2.48. The normalized spacial score (nSPS) is 27.0. The van der Waals surface area contributed by atoms with Gasteiger partial charge in [0.1, 0.15) is 5.82 Å². The van der Waals surface area contributed by atoms with E-state index in [1.807, 2.05) is 0 Å². The van der Waals surface area contributed by atoms with Gasteiger partial charge < -0.3 is 4.90 Å². The summed E-state index contributed by atoms with van der Waals surface area (Å²) < 4.78 is 38.1. The third-order valence-electron chi connectivity index (χ3n) is 4.67. The van der Waals surface area contributed by atoms with Crippen LogP contribution in [-0.4, -0.2) is 67.3 Å². The summed E-state index contributed by atoms with van der Waals surface area (Å²) in [6, 6.07) is 5.30. The van der Waals surface area contributed by atoms with E-state index in [2.05, 4.69) is 11.8 Å². The Labute approximate surface area is 136 Å². The van der Waals surface area contributed by atoms with E-state index in [1.54, 1.807) is 11.0 Å². The van der Waals surface area contributed by atoms with Gasteiger partial charge in [0, 0.05) is 19.1 Å². The molecule has 0 saturated carbocycles. The molecule has 2 fully saturated rings. The number of fused-ring (bicyclic) bond motifs is 1. The Kier molecular flexibility index (Phi) is 4.42. The average molecular weight is 340 g/mol. The lowest BCUT2D eigenvalue weighted by Crippen LogP contribution is -2.60. The zero-order valence-electron chi connectivity index (χ0n) is 13.1. The van der Waals surface area contributed by atoms with E-state index in [1.165, 1.54) is 18.2 Å². The lowest BCUT2D eigenvalue weighted by Gasteiger charge is -2.43. The van der Waals surface area contributed by atoms with E-state index in [4.69, 9.17) is 0 Å². The number of carbonyl (C=O) groups is 1. The maximum atomic E-state index is 13.9. The Morgan fingerprint density at radius 1 is 1.22 bits per heavy atom. The van der Waals surface area contributed by atoms with E-state index in [0.29, 0.717) is 13.1 Å². The van der Waals surface area contributed by atoms with Gasteiger partial charge in [-0.05, 0) is 25.1 Å². The van der Waals surface area contributed by atoms with Crippen LogP contribution in [0.4, 0.5) is 4.39 Å². The van der Waals surface area contributed by atoms with Crippen LogP contribution in [0, 0.1) is 5.82 Å². The zero-order chi connectivity index (χ0) is 16.6. The molecule has 2 aliphatic rings. The second-order valence-electron chi connectivity index (χ2n) is 6.23. The molecule has 0 aliphatic carbocycles. The number of sulfone groups is 1. The Morgan fingerprint density at radius 3 is 2.61 bits per heavy atom. The van der Waals surface area contributed by atoms with Crippen molar-refractivity contribution < 1.29 is 17.6 Å². The van der Waals surface area contributed by atoms with Crippen LogP contribution in [-0.2, 0) is 9.84 Å². The molecule has 0 aromatic heterocycles. The van der Waals surface area contributed by atoms with Crippen molar-refractivity contribution >= 4 is 15.7 Å². The number of carbonyl (C=O) groups excluding carboxylic acids is 1. The number of hydrogen-bond acceptors (Lipinski definition) is 4. The molecule has 2 aliphatic heterocycles. The number of hydrogen-bond donors (Lipinski definition) is 0. The molecule has 1 amide bonds. The van der Waals surface area contributed by atoms with Crippen molar-refractivity contribution in [1.29, 1.82) is 0 Å². The van der Waals surface area contributed by atoms with Gasteiger partial charge in [0.15, 0.2) is 9.84 Å². The lowest BCUT2D eigenvalue weighted by atomic mass is 10.0. The second kappa shape index (κ2) is 6.20. The quantitative estimate of drug-likeness (QED) is 0.829. The van der Waals surface area contributed by atoms with Gasteiger partial charge >= 0.3 is 0 Å². The summed E-state index contributed by atoms with van der Waals surface area (Å²) in [7, 11) is -3.17. The smallest absolute Gasteiger partial charge is 0.257 e. The lowest BCUT2D eigenvalue weighted by molar-refractivity contribution is 0.0329. The highest BCUT2D eigenvalue weighted by molar-refractivity contribution is 7.91. The fraction of sp³-hybridized carbons (Fsp3) is 0.562. The molecule has 7 heteroatoms. The summed E-state index contributed by atoms with van der Waals surface area (Å²) >= 11 is 0. The van der Waals surface area contributed by atoms with Crippen molar-refractivity contribution in [1.82, 2.24) is 9.80 Å². The Morgan fingerprint density at radius 2 is 1.91 bits per heavy atom. The number of amides is 1. The molecule has 3 rings (SSSR count). The van der Waals surface area contributed by atoms with Crippen molar-refractivity contribution in [3.05, 3.63) is 35.6 Å². The van der Waals surface area contributed by atoms with Crippen LogP contribution in [0.25, 0.3) is 0 Å². The van der Waals surface area contributed by atoms with Gasteiger partial charge in [-0.3, -0.25) is 9.69 Å². The van der Waals surface area contributed by atoms with Gasteiger partial charge in [-0.25, -0.2) is 12.8 Å². The van der Waals surface area contributed by atoms with Crippen LogP contribution in [0.3, 0.4) is 0 Å². The van der Waals surface area contributed by atoms with Crippen LogP contribution < -0.4 is 0 Å². The molecule has 0 spiro atoms. The SMILES string of the molecule is CCCN1CCN(C(=O)c2ccccc2F)[C@H]2CS(=O)(=O)C[C@H]21. The first kappa shape index (κ1) is 16.4. The van der Waals surface area contributed by atoms with Gasteiger partial charge in [-0.2, -0.15) is 0 Å². The summed E-state index contributed by atoms with van der Waals surface area (Å²) in [4.78, 5) is 16.4. The molecule has 0 radical (unpaired) electrons. The number of benzene rings is 1. The number of piperazine rings is 1. The standard InChI is InChI=1S/C16H21FN2O3S/c1-2-7-18-8-9-19(15-11-23(21,22)10-14(15)18)16(20)12-5-3-4-6-13(12)17/h3-6,14-15H,2,7-11H2,1H3/t14-,15+/m1/s1. The molecule has 1 aromatic rings. The predicted octanol–water partition coefficient (Wildman–Crippen LogP) is 1.16. The summed E-state index contributed by atoms with van der Waals surface area (Å²) in [5.41, 5.74) is 0.0134. The van der Waals surface area contributed by atoms with E-state index >= 15 is 0 Å². The van der Waals surface area contributed by atoms with E-state index in [0.717, 1.165) is 13.0 Å². The van der Waals surface area contributed by atoms with E-state index in [-0.39, 0.29) is 29.2 Å². The minimum Gasteiger partial charge on any atom is -0.332 e. The van der Waals surface area contributed by atoms with Crippen LogP contribution in [0.1, 0.15) is 23.7 Å². The highest BCUT2D eigenvalue weighted by atomic mass is 32.2. The molecular formula is C16H21FN2O3S. The monoisotopic (exact) mass is 340 g/mol. The second-order valence-corrected chi connectivity index (χ2v) is 8.38. The third-order valence-corrected chi connectivity index (χ3v) is 6.37. The van der Waals surface area contributed by atoms with E-state index in [9.17, 15) is 17.6 Å². The summed E-state index contributed by atoms with van der Waals surface area (Å²) in [6.07, 6.45) is 0.935. The Hall–Kier alpha value is -1.47. The van der Waals surface area contributed by atoms with Crippen LogP contribution in [0.2, 0.25) is 0 Å². The fourth-order valence-corrected chi connectivity index (χ4v) is 5.64. The van der Waals surface area contributed by atoms with Crippen molar-refractivity contribution in [3.63, 3.8) is 0 Å². The van der Waals surface area contributed by atoms with Crippen molar-refractivity contribution in [2.24, 2.45) is 0 Å². The van der Waals surface area contributed by atoms with Crippen molar-refractivity contribution in [2.75, 3.05) is 31.1 Å². The molecule has 1 aromatic carbocycles. The van der Waals surface area contributed by atoms with E-state index < -0.39 is 21.6 Å². The maximum absolute atomic E-state index is 13.9. The molecule has 2 atom stereocenters. The largest absolute Gasteiger partial charge is 0.332 e. The molecular weight excluding hydrogens is 319 g/mol. The number of rotatable bonds is 3. The zero-order valence-corrected chi connectivity index (χ0v) is 13.9. The van der Waals surface area contributed by atoms with Gasteiger partial charge in [0.25, 0.3) is 5.91 Å². The average Bonchev–Trinajstić information content (AvgIpc) is 2.83. The highest BCUT2D eigenvalue weighted by Crippen LogP contribution is 2.28. The molecule has 2 saturated heterocycles. The molecule has 23 heavy (non-hydrogen) atoms. The van der Waals surface area contributed by atoms with Crippen molar-refractivity contribution in [3.8, 4) is 0 Å². The van der Waals surface area contributed by atoms with Crippen molar-refractivity contribution in [2.45, 2.75) is 25.4 Å². The van der Waals surface area contributed by atoms with Gasteiger partial charge in [-0.1, -0.05) is 19.1 Å². The summed E-state index contributed by atoms with van der Waals surface area (Å²) in [5, 5.41) is 0. The first-order valence-corrected chi connectivity index (χ1v) is 9.75. The Bertz CT molecular complexity index is 707. The molecule has 0 bridgehead atoms. The van der Waals surface area contributed by atoms with Gasteiger partial charge in [-0.15, -0.1) is 0 Å². The first-order valence-electron chi connectivity index (χ1n) is 7.93. The van der Waals surface area contributed by atoms with Crippen LogP contribution >= 0.6 is 0 Å². The minimum atomic E-state index is -3.17. The number of halogens is 1. The Balaban J connectivity index is 1.89. The molecule has 0 unspecified atom stereocenters.